The van der Waals surface area contributed by atoms with E-state index in [1.54, 1.807) is 6.07 Å². The second kappa shape index (κ2) is 10.4. The van der Waals surface area contributed by atoms with Crippen molar-refractivity contribution in [2.75, 3.05) is 0 Å². The van der Waals surface area contributed by atoms with Gasteiger partial charge in [-0.05, 0) is 41.7 Å². The van der Waals surface area contributed by atoms with Gasteiger partial charge in [-0.2, -0.15) is 0 Å². The van der Waals surface area contributed by atoms with Gasteiger partial charge in [-0.15, -0.1) is 0 Å². The van der Waals surface area contributed by atoms with Gasteiger partial charge in [0.25, 0.3) is 0 Å². The first-order valence-corrected chi connectivity index (χ1v) is 8.64. The van der Waals surface area contributed by atoms with Crippen molar-refractivity contribution < 1.29 is 4.39 Å². The highest BCUT2D eigenvalue weighted by Gasteiger charge is 1.96. The lowest BCUT2D eigenvalue weighted by molar-refractivity contribution is 0.628. The Morgan fingerprint density at radius 1 is 0.667 bits per heavy atom. The summed E-state index contributed by atoms with van der Waals surface area (Å²) in [6.07, 6.45) is 5.25. The maximum absolute atomic E-state index is 12.9. The van der Waals surface area contributed by atoms with Crippen LogP contribution in [0, 0.1) is 5.82 Å². The molecule has 0 aliphatic rings. The van der Waals surface area contributed by atoms with Crippen LogP contribution in [0.4, 0.5) is 4.39 Å². The number of hydrogen-bond acceptors (Lipinski definition) is 0. The van der Waals surface area contributed by atoms with Crippen LogP contribution in [0.15, 0.2) is 84.9 Å². The number of hydrogen-bond donors (Lipinski definition) is 0. The molecule has 0 unspecified atom stereocenters. The van der Waals surface area contributed by atoms with Gasteiger partial charge in [0.15, 0.2) is 0 Å². The topological polar surface area (TPSA) is 0 Å². The lowest BCUT2D eigenvalue weighted by Gasteiger charge is -1.99. The average molecular weight is 320 g/mol. The molecule has 1 heteroatoms. The molecule has 0 aliphatic carbocycles. The summed E-state index contributed by atoms with van der Waals surface area (Å²) in [5.41, 5.74) is 3.43. The summed E-state index contributed by atoms with van der Waals surface area (Å²) < 4.78 is 12.9. The van der Waals surface area contributed by atoms with Crippen molar-refractivity contribution in [1.82, 2.24) is 0 Å². The highest BCUT2D eigenvalue weighted by Crippen LogP contribution is 2.18. The zero-order valence-electron chi connectivity index (χ0n) is 14.3. The fourth-order valence-electron chi connectivity index (χ4n) is 2.52. The van der Waals surface area contributed by atoms with Crippen molar-refractivity contribution in [2.24, 2.45) is 0 Å². The number of rotatable bonds is 5. The molecule has 3 aromatic carbocycles. The van der Waals surface area contributed by atoms with E-state index >= 15 is 0 Å². The van der Waals surface area contributed by atoms with E-state index in [1.807, 2.05) is 36.4 Å². The predicted molar refractivity (Wildman–Crippen MR) is 102 cm³/mol. The molecule has 0 aliphatic heterocycles. The summed E-state index contributed by atoms with van der Waals surface area (Å²) in [5, 5.41) is 0. The molecule has 3 rings (SSSR count). The van der Waals surface area contributed by atoms with Gasteiger partial charge in [0, 0.05) is 0 Å². The van der Waals surface area contributed by atoms with Gasteiger partial charge in [0.2, 0.25) is 0 Å². The Labute approximate surface area is 145 Å². The van der Waals surface area contributed by atoms with E-state index in [2.05, 4.69) is 37.3 Å². The van der Waals surface area contributed by atoms with Gasteiger partial charge >= 0.3 is 0 Å². The largest absolute Gasteiger partial charge is 0.207 e. The summed E-state index contributed by atoms with van der Waals surface area (Å²) in [6, 6.07) is 27.1. The second-order valence-electron chi connectivity index (χ2n) is 5.82. The zero-order chi connectivity index (χ0) is 17.0. The molecule has 0 N–H and O–H groups in total. The maximum Gasteiger partial charge on any atom is 0.123 e. The Kier molecular flexibility index (Phi) is 7.76. The Hall–Kier alpha value is -2.41. The molecule has 0 atom stereocenters. The van der Waals surface area contributed by atoms with Crippen LogP contribution < -0.4 is 0 Å². The van der Waals surface area contributed by atoms with Crippen molar-refractivity contribution >= 4 is 0 Å². The van der Waals surface area contributed by atoms with Crippen molar-refractivity contribution in [1.29, 1.82) is 0 Å². The number of aryl methyl sites for hydroxylation is 1. The van der Waals surface area contributed by atoms with Crippen LogP contribution in [-0.2, 0) is 6.42 Å². The highest BCUT2D eigenvalue weighted by atomic mass is 19.1. The molecule has 24 heavy (non-hydrogen) atoms. The van der Waals surface area contributed by atoms with Crippen LogP contribution in [0.25, 0.3) is 11.1 Å². The lowest BCUT2D eigenvalue weighted by atomic mass is 10.1. The first-order valence-electron chi connectivity index (χ1n) is 8.64. The molecular formula is C23H25F. The Balaban J connectivity index is 0.000000177. The molecule has 0 nitrogen and oxygen atoms in total. The molecule has 0 amide bonds. The fraction of sp³-hybridized carbons (Fsp3) is 0.217. The molecule has 124 valence electrons. The van der Waals surface area contributed by atoms with E-state index < -0.39 is 0 Å². The summed E-state index contributed by atoms with van der Waals surface area (Å²) in [6.45, 7) is 2.24. The second-order valence-corrected chi connectivity index (χ2v) is 5.82. The minimum Gasteiger partial charge on any atom is -0.207 e. The number of unbranched alkanes of at least 4 members (excludes halogenated alkanes) is 2. The third-order valence-corrected chi connectivity index (χ3v) is 3.84. The van der Waals surface area contributed by atoms with Gasteiger partial charge in [-0.3, -0.25) is 0 Å². The third kappa shape index (κ3) is 6.37. The van der Waals surface area contributed by atoms with Crippen molar-refractivity contribution in [2.45, 2.75) is 32.6 Å². The number of halogens is 1. The first-order chi connectivity index (χ1) is 11.8. The molecule has 0 fully saturated rings. The van der Waals surface area contributed by atoms with E-state index in [0.717, 1.165) is 11.1 Å². The molecule has 0 heterocycles. The Morgan fingerprint density at radius 3 is 1.92 bits per heavy atom. The minimum absolute atomic E-state index is 0.193. The van der Waals surface area contributed by atoms with Crippen LogP contribution >= 0.6 is 0 Å². The molecule has 0 spiro atoms. The summed E-state index contributed by atoms with van der Waals surface area (Å²) >= 11 is 0. The van der Waals surface area contributed by atoms with Crippen LogP contribution in [0.3, 0.4) is 0 Å². The third-order valence-electron chi connectivity index (χ3n) is 3.84. The lowest BCUT2D eigenvalue weighted by Crippen LogP contribution is -1.83. The SMILES string of the molecule is CCCCCc1ccccc1.Fc1cccc(-c2ccccc2)c1. The van der Waals surface area contributed by atoms with E-state index in [-0.39, 0.29) is 5.82 Å². The van der Waals surface area contributed by atoms with Gasteiger partial charge in [0.05, 0.1) is 0 Å². The van der Waals surface area contributed by atoms with Gasteiger partial charge in [-0.1, -0.05) is 92.6 Å². The van der Waals surface area contributed by atoms with Crippen LogP contribution in [0.5, 0.6) is 0 Å². The summed E-state index contributed by atoms with van der Waals surface area (Å²) in [7, 11) is 0. The monoisotopic (exact) mass is 320 g/mol. The summed E-state index contributed by atoms with van der Waals surface area (Å²) in [4.78, 5) is 0. The fourth-order valence-corrected chi connectivity index (χ4v) is 2.52. The molecule has 0 saturated heterocycles. The minimum atomic E-state index is -0.193. The maximum atomic E-state index is 12.9. The normalized spacial score (nSPS) is 9.92. The quantitative estimate of drug-likeness (QED) is 0.448. The van der Waals surface area contributed by atoms with Crippen LogP contribution in [-0.4, -0.2) is 0 Å². The van der Waals surface area contributed by atoms with Crippen molar-refractivity contribution in [3.05, 3.63) is 96.3 Å². The Bertz CT molecular complexity index is 689. The van der Waals surface area contributed by atoms with Crippen molar-refractivity contribution in [3.63, 3.8) is 0 Å². The average Bonchev–Trinajstić information content (AvgIpc) is 2.64. The number of benzene rings is 3. The molecule has 0 aromatic heterocycles. The smallest absolute Gasteiger partial charge is 0.123 e. The standard InChI is InChI=1S/C12H9F.C11H16/c13-12-8-4-7-11(9-12)10-5-2-1-3-6-10;1-2-3-5-8-11-9-6-4-7-10-11/h1-9H;4,6-7,9-10H,2-3,5,8H2,1H3. The first kappa shape index (κ1) is 17.9. The van der Waals surface area contributed by atoms with Gasteiger partial charge in [0.1, 0.15) is 5.82 Å². The Morgan fingerprint density at radius 2 is 1.29 bits per heavy atom. The molecular weight excluding hydrogens is 295 g/mol. The molecule has 3 aromatic rings. The van der Waals surface area contributed by atoms with Crippen LogP contribution in [0.2, 0.25) is 0 Å². The zero-order valence-corrected chi connectivity index (χ0v) is 14.3. The van der Waals surface area contributed by atoms with Crippen LogP contribution in [0.1, 0.15) is 31.7 Å². The summed E-state index contributed by atoms with van der Waals surface area (Å²) in [5.74, 6) is -0.193. The van der Waals surface area contributed by atoms with E-state index in [4.69, 9.17) is 0 Å². The van der Waals surface area contributed by atoms with Gasteiger partial charge < -0.3 is 0 Å². The van der Waals surface area contributed by atoms with E-state index in [9.17, 15) is 4.39 Å². The molecule has 0 radical (unpaired) electrons. The molecule has 0 bridgehead atoms. The van der Waals surface area contributed by atoms with E-state index in [1.165, 1.54) is 43.4 Å². The van der Waals surface area contributed by atoms with Crippen molar-refractivity contribution in [3.8, 4) is 11.1 Å². The van der Waals surface area contributed by atoms with E-state index in [0.29, 0.717) is 0 Å². The highest BCUT2D eigenvalue weighted by molar-refractivity contribution is 5.62. The van der Waals surface area contributed by atoms with Gasteiger partial charge in [-0.25, -0.2) is 4.39 Å². The molecule has 0 saturated carbocycles. The predicted octanol–water partition coefficient (Wildman–Crippen LogP) is 6.91.